The maximum atomic E-state index is 11.3. The lowest BCUT2D eigenvalue weighted by molar-refractivity contribution is -0.123. The van der Waals surface area contributed by atoms with Crippen LogP contribution in [0.5, 0.6) is 5.75 Å². The van der Waals surface area contributed by atoms with Crippen molar-refractivity contribution in [2.24, 2.45) is 11.7 Å². The number of likely N-dealkylation sites (tertiary alicyclic amines) is 1. The summed E-state index contributed by atoms with van der Waals surface area (Å²) < 4.78 is 5.90. The minimum atomic E-state index is -0.164. The summed E-state index contributed by atoms with van der Waals surface area (Å²) in [7, 11) is 0. The molecule has 0 bridgehead atoms. The third kappa shape index (κ3) is 5.09. The number of ether oxygens (including phenoxy) is 1. The minimum absolute atomic E-state index is 0.0272. The van der Waals surface area contributed by atoms with Gasteiger partial charge in [0.05, 0.1) is 0 Å². The molecule has 0 radical (unpaired) electrons. The Morgan fingerprint density at radius 3 is 2.46 bits per heavy atom. The maximum absolute atomic E-state index is 11.3. The number of hydrogen-bond acceptors (Lipinski definition) is 3. The number of benzene rings is 2. The molecule has 0 aliphatic carbocycles. The Kier molecular flexibility index (Phi) is 6.29. The molecule has 4 nitrogen and oxygen atoms in total. The summed E-state index contributed by atoms with van der Waals surface area (Å²) in [6, 6.07) is 19.2. The van der Waals surface area contributed by atoms with Gasteiger partial charge in [0.1, 0.15) is 12.4 Å². The lowest BCUT2D eigenvalue weighted by atomic mass is 9.91. The van der Waals surface area contributed by atoms with Gasteiger partial charge >= 0.3 is 0 Å². The number of rotatable bonds is 7. The Labute approximate surface area is 156 Å². The second kappa shape index (κ2) is 8.86. The van der Waals surface area contributed by atoms with Gasteiger partial charge in [0.2, 0.25) is 5.91 Å². The van der Waals surface area contributed by atoms with E-state index in [0.717, 1.165) is 38.1 Å². The van der Waals surface area contributed by atoms with Gasteiger partial charge in [-0.25, -0.2) is 0 Å². The number of carbonyl (C=O) groups excluding carboxylic acids is 1. The molecule has 2 aromatic rings. The van der Waals surface area contributed by atoms with Gasteiger partial charge in [-0.1, -0.05) is 42.5 Å². The van der Waals surface area contributed by atoms with Gasteiger partial charge in [0, 0.05) is 18.5 Å². The van der Waals surface area contributed by atoms with E-state index in [1.54, 1.807) is 0 Å². The van der Waals surface area contributed by atoms with E-state index in [9.17, 15) is 4.79 Å². The maximum Gasteiger partial charge on any atom is 0.220 e. The van der Waals surface area contributed by atoms with Crippen LogP contribution in [0.4, 0.5) is 0 Å². The average molecular weight is 352 g/mol. The quantitative estimate of drug-likeness (QED) is 0.832. The third-order valence-electron chi connectivity index (χ3n) is 5.24. The fourth-order valence-electron chi connectivity index (χ4n) is 3.63. The van der Waals surface area contributed by atoms with Crippen LogP contribution in [0.2, 0.25) is 0 Å². The van der Waals surface area contributed by atoms with E-state index in [0.29, 0.717) is 12.6 Å². The lowest BCUT2D eigenvalue weighted by Gasteiger charge is -2.36. The molecule has 0 saturated carbocycles. The van der Waals surface area contributed by atoms with Gasteiger partial charge in [-0.2, -0.15) is 0 Å². The zero-order valence-corrected chi connectivity index (χ0v) is 15.4. The molecule has 0 unspecified atom stereocenters. The van der Waals surface area contributed by atoms with Crippen molar-refractivity contribution in [2.45, 2.75) is 32.2 Å². The molecule has 0 spiro atoms. The Bertz CT molecular complexity index is 700. The highest BCUT2D eigenvalue weighted by Crippen LogP contribution is 2.22. The first-order valence-electron chi connectivity index (χ1n) is 9.41. The molecule has 1 aliphatic heterocycles. The van der Waals surface area contributed by atoms with Crippen molar-refractivity contribution < 1.29 is 9.53 Å². The summed E-state index contributed by atoms with van der Waals surface area (Å²) >= 11 is 0. The number of piperidine rings is 1. The summed E-state index contributed by atoms with van der Waals surface area (Å²) in [4.78, 5) is 13.7. The third-order valence-corrected chi connectivity index (χ3v) is 5.24. The SMILES string of the molecule is C[C@@H]1C[C@H](C(N)=O)CCN1CCOc1ccc(Cc2ccccc2)cc1. The van der Waals surface area contributed by atoms with Crippen LogP contribution in [-0.4, -0.2) is 36.5 Å². The van der Waals surface area contributed by atoms with Crippen molar-refractivity contribution in [1.29, 1.82) is 0 Å². The number of hydrogen-bond donors (Lipinski definition) is 1. The Hall–Kier alpha value is -2.33. The van der Waals surface area contributed by atoms with Gasteiger partial charge in [-0.05, 0) is 56.0 Å². The molecule has 2 aromatic carbocycles. The van der Waals surface area contributed by atoms with Crippen molar-refractivity contribution in [2.75, 3.05) is 19.7 Å². The molecule has 1 heterocycles. The number of carbonyl (C=O) groups is 1. The number of nitrogens with two attached hydrogens (primary N) is 1. The van der Waals surface area contributed by atoms with Crippen molar-refractivity contribution in [1.82, 2.24) is 4.90 Å². The average Bonchev–Trinajstić information content (AvgIpc) is 2.65. The number of primary amides is 1. The van der Waals surface area contributed by atoms with Crippen LogP contribution in [0.3, 0.4) is 0 Å². The van der Waals surface area contributed by atoms with E-state index in [1.807, 2.05) is 18.2 Å². The molecule has 4 heteroatoms. The van der Waals surface area contributed by atoms with Crippen LogP contribution < -0.4 is 10.5 Å². The highest BCUT2D eigenvalue weighted by Gasteiger charge is 2.28. The van der Waals surface area contributed by atoms with Crippen LogP contribution in [-0.2, 0) is 11.2 Å². The van der Waals surface area contributed by atoms with Gasteiger partial charge in [-0.3, -0.25) is 9.69 Å². The van der Waals surface area contributed by atoms with E-state index >= 15 is 0 Å². The molecule has 3 rings (SSSR count). The molecule has 26 heavy (non-hydrogen) atoms. The first-order valence-corrected chi connectivity index (χ1v) is 9.41. The summed E-state index contributed by atoms with van der Waals surface area (Å²) in [6.45, 7) is 4.60. The molecule has 1 amide bonds. The first kappa shape index (κ1) is 18.5. The molecular formula is C22H28N2O2. The summed E-state index contributed by atoms with van der Waals surface area (Å²) in [5.41, 5.74) is 8.03. The van der Waals surface area contributed by atoms with Gasteiger partial charge in [0.25, 0.3) is 0 Å². The second-order valence-electron chi connectivity index (χ2n) is 7.16. The fourth-order valence-corrected chi connectivity index (χ4v) is 3.63. The lowest BCUT2D eigenvalue weighted by Crippen LogP contribution is -2.45. The summed E-state index contributed by atoms with van der Waals surface area (Å²) in [6.07, 6.45) is 2.64. The van der Waals surface area contributed by atoms with Crippen LogP contribution in [0.25, 0.3) is 0 Å². The predicted octanol–water partition coefficient (Wildman–Crippen LogP) is 3.24. The molecular weight excluding hydrogens is 324 g/mol. The van der Waals surface area contributed by atoms with E-state index in [1.165, 1.54) is 11.1 Å². The predicted molar refractivity (Wildman–Crippen MR) is 104 cm³/mol. The van der Waals surface area contributed by atoms with Crippen LogP contribution in [0.15, 0.2) is 54.6 Å². The Morgan fingerprint density at radius 1 is 1.12 bits per heavy atom. The molecule has 2 N–H and O–H groups in total. The summed E-state index contributed by atoms with van der Waals surface area (Å²) in [5.74, 6) is 0.768. The topological polar surface area (TPSA) is 55.6 Å². The fraction of sp³-hybridized carbons (Fsp3) is 0.409. The van der Waals surface area contributed by atoms with Crippen molar-refractivity contribution in [3.8, 4) is 5.75 Å². The molecule has 1 fully saturated rings. The monoisotopic (exact) mass is 352 g/mol. The number of amides is 1. The minimum Gasteiger partial charge on any atom is -0.492 e. The normalized spacial score (nSPS) is 20.7. The number of nitrogens with zero attached hydrogens (tertiary/aromatic N) is 1. The first-order chi connectivity index (χ1) is 12.6. The standard InChI is InChI=1S/C22H28N2O2/c1-17-15-20(22(23)25)11-12-24(17)13-14-26-21-9-7-19(8-10-21)16-18-5-3-2-4-6-18/h2-10,17,20H,11-16H2,1H3,(H2,23,25)/t17-,20-/m1/s1. The van der Waals surface area contributed by atoms with Crippen LogP contribution in [0, 0.1) is 5.92 Å². The van der Waals surface area contributed by atoms with Crippen molar-refractivity contribution in [3.63, 3.8) is 0 Å². The van der Waals surface area contributed by atoms with Crippen molar-refractivity contribution >= 4 is 5.91 Å². The van der Waals surface area contributed by atoms with E-state index in [-0.39, 0.29) is 11.8 Å². The zero-order chi connectivity index (χ0) is 18.4. The molecule has 138 valence electrons. The van der Waals surface area contributed by atoms with Crippen LogP contribution >= 0.6 is 0 Å². The Morgan fingerprint density at radius 2 is 1.81 bits per heavy atom. The second-order valence-corrected chi connectivity index (χ2v) is 7.16. The molecule has 1 aliphatic rings. The van der Waals surface area contributed by atoms with E-state index < -0.39 is 0 Å². The smallest absolute Gasteiger partial charge is 0.220 e. The molecule has 1 saturated heterocycles. The van der Waals surface area contributed by atoms with E-state index in [4.69, 9.17) is 10.5 Å². The van der Waals surface area contributed by atoms with Crippen LogP contribution in [0.1, 0.15) is 30.9 Å². The highest BCUT2D eigenvalue weighted by atomic mass is 16.5. The summed E-state index contributed by atoms with van der Waals surface area (Å²) in [5, 5.41) is 0. The van der Waals surface area contributed by atoms with Gasteiger partial charge in [-0.15, -0.1) is 0 Å². The van der Waals surface area contributed by atoms with Crippen molar-refractivity contribution in [3.05, 3.63) is 65.7 Å². The largest absolute Gasteiger partial charge is 0.492 e. The molecule has 0 aromatic heterocycles. The Balaban J connectivity index is 1.43. The van der Waals surface area contributed by atoms with Gasteiger partial charge in [0.15, 0.2) is 0 Å². The highest BCUT2D eigenvalue weighted by molar-refractivity contribution is 5.76. The molecule has 2 atom stereocenters. The zero-order valence-electron chi connectivity index (χ0n) is 15.4. The van der Waals surface area contributed by atoms with E-state index in [2.05, 4.69) is 48.2 Å². The van der Waals surface area contributed by atoms with Gasteiger partial charge < -0.3 is 10.5 Å².